The van der Waals surface area contributed by atoms with E-state index in [9.17, 15) is 0 Å². The average molecular weight is 692 g/mol. The number of aromatic amines is 2. The number of hydrogen-bond acceptors (Lipinski definition) is 7. The van der Waals surface area contributed by atoms with Crippen molar-refractivity contribution in [2.24, 2.45) is 11.8 Å². The van der Waals surface area contributed by atoms with Crippen molar-refractivity contribution >= 4 is 48.6 Å². The summed E-state index contributed by atoms with van der Waals surface area (Å²) in [6.45, 7) is 8.77. The van der Waals surface area contributed by atoms with Crippen LogP contribution < -0.4 is 4.46 Å². The van der Waals surface area contributed by atoms with Crippen molar-refractivity contribution in [2.75, 3.05) is 0 Å². The first kappa shape index (κ1) is 29.8. The summed E-state index contributed by atoms with van der Waals surface area (Å²) in [6, 6.07) is 30.4. The van der Waals surface area contributed by atoms with Gasteiger partial charge >= 0.3 is 284 Å². The van der Waals surface area contributed by atoms with Crippen molar-refractivity contribution in [1.29, 1.82) is 0 Å². The number of nitrogens with zero attached hydrogens (tertiary/aromatic N) is 6. The third-order valence-electron chi connectivity index (χ3n) is 8.99. The number of nitrogens with one attached hydrogen (secondary N) is 2. The first-order valence-corrected chi connectivity index (χ1v) is 17.3. The summed E-state index contributed by atoms with van der Waals surface area (Å²) in [7, 11) is 0. The van der Waals surface area contributed by atoms with Gasteiger partial charge in [0.05, 0.1) is 0 Å². The number of fused-ring (bicyclic) bond motifs is 20. The number of hydrogen-bond donors (Lipinski definition) is 2. The molecular weight excluding hydrogens is 660 g/mol. The van der Waals surface area contributed by atoms with E-state index in [1.807, 2.05) is 78.9 Å². The predicted octanol–water partition coefficient (Wildman–Crippen LogP) is 8.19. The van der Waals surface area contributed by atoms with Crippen LogP contribution in [0, 0.1) is 11.8 Å². The summed E-state index contributed by atoms with van der Waals surface area (Å²) in [4.78, 5) is 37.6. The molecule has 0 unspecified atom stereocenters. The number of H-pyrrole nitrogens is 2. The molecule has 3 aromatic heterocycles. The first-order chi connectivity index (χ1) is 23.9. The van der Waals surface area contributed by atoms with Gasteiger partial charge in [0.2, 0.25) is 0 Å². The number of benzene rings is 4. The Morgan fingerprint density at radius 3 is 1.37 bits per heavy atom. The van der Waals surface area contributed by atoms with Crippen molar-refractivity contribution < 1.29 is 19.1 Å². The zero-order valence-electron chi connectivity index (χ0n) is 27.3. The number of aromatic nitrogens is 8. The van der Waals surface area contributed by atoms with E-state index in [4.69, 9.17) is 33.7 Å². The van der Waals surface area contributed by atoms with Crippen LogP contribution in [0.15, 0.2) is 91.0 Å². The minimum absolute atomic E-state index is 0.0737. The maximum atomic E-state index is 6.49. The van der Waals surface area contributed by atoms with Gasteiger partial charge < -0.3 is 0 Å². The molecule has 7 aromatic rings. The van der Waals surface area contributed by atoms with Gasteiger partial charge in [-0.15, -0.1) is 0 Å². The average Bonchev–Trinajstić information content (AvgIpc) is 3.84. The van der Waals surface area contributed by atoms with Crippen LogP contribution in [0.2, 0.25) is 0 Å². The molecule has 9 rings (SSSR count). The zero-order valence-corrected chi connectivity index (χ0v) is 28.2. The molecule has 9 nitrogen and oxygen atoms in total. The van der Waals surface area contributed by atoms with E-state index >= 15 is 0 Å². The normalized spacial score (nSPS) is 12.5. The summed E-state index contributed by atoms with van der Waals surface area (Å²) >= 11 is 1.51. The molecule has 2 N–H and O–H groups in total. The van der Waals surface area contributed by atoms with Gasteiger partial charge in [0.15, 0.2) is 0 Å². The van der Waals surface area contributed by atoms with Crippen LogP contribution in [0.1, 0.15) is 27.7 Å². The first-order valence-electron chi connectivity index (χ1n) is 16.4. The van der Waals surface area contributed by atoms with E-state index in [0.29, 0.717) is 57.7 Å². The quantitative estimate of drug-likeness (QED) is 0.175. The van der Waals surface area contributed by atoms with Gasteiger partial charge in [-0.25, -0.2) is 0 Å². The van der Waals surface area contributed by atoms with Gasteiger partial charge in [0, 0.05) is 0 Å². The van der Waals surface area contributed by atoms with E-state index in [1.165, 1.54) is 15.3 Å². The SMILES string of the molecule is CC(C)C([O][Cu][c]1cccc2c3nc4nc(nc5[nH]c(nc6nc(nc([nH]3)c12)-c1ccccc1-6)c1ccccc51)-c1ccccc1-4)C(C)C. The van der Waals surface area contributed by atoms with Crippen molar-refractivity contribution in [2.45, 2.75) is 33.8 Å². The summed E-state index contributed by atoms with van der Waals surface area (Å²) in [5.41, 5.74) is 6.26. The molecule has 2 aliphatic rings. The minimum atomic E-state index is 0.0737. The van der Waals surface area contributed by atoms with Gasteiger partial charge in [0.25, 0.3) is 0 Å². The molecule has 0 radical (unpaired) electrons. The molecule has 8 bridgehead atoms. The van der Waals surface area contributed by atoms with Gasteiger partial charge in [0.1, 0.15) is 0 Å². The molecule has 0 saturated carbocycles. The van der Waals surface area contributed by atoms with Gasteiger partial charge in [-0.1, -0.05) is 6.07 Å². The third-order valence-corrected chi connectivity index (χ3v) is 9.96. The second-order valence-electron chi connectivity index (χ2n) is 13.0. The maximum absolute atomic E-state index is 6.49. The van der Waals surface area contributed by atoms with Crippen LogP contribution in [-0.4, -0.2) is 46.0 Å². The van der Waals surface area contributed by atoms with Crippen molar-refractivity contribution in [3.8, 4) is 45.6 Å². The van der Waals surface area contributed by atoms with Crippen molar-refractivity contribution in [1.82, 2.24) is 39.9 Å². The Morgan fingerprint density at radius 2 is 0.878 bits per heavy atom. The molecule has 49 heavy (non-hydrogen) atoms. The van der Waals surface area contributed by atoms with Crippen molar-refractivity contribution in [3.63, 3.8) is 0 Å². The Kier molecular flexibility index (Phi) is 7.12. The molecule has 0 spiro atoms. The zero-order chi connectivity index (χ0) is 33.2. The van der Waals surface area contributed by atoms with Crippen LogP contribution in [0.4, 0.5) is 0 Å². The Labute approximate surface area is 288 Å². The van der Waals surface area contributed by atoms with Crippen LogP contribution in [0.25, 0.3) is 89.7 Å². The van der Waals surface area contributed by atoms with Crippen LogP contribution >= 0.6 is 0 Å². The molecule has 0 atom stereocenters. The topological polar surface area (TPSA) is 118 Å². The summed E-state index contributed by atoms with van der Waals surface area (Å²) in [6.07, 6.45) is 0.0737. The Bertz CT molecular complexity index is 2590. The summed E-state index contributed by atoms with van der Waals surface area (Å²) in [5, 5.41) is 3.70. The molecule has 10 heteroatoms. The molecule has 5 heterocycles. The molecule has 0 aliphatic carbocycles. The van der Waals surface area contributed by atoms with Gasteiger partial charge in [-0.2, -0.15) is 0 Å². The van der Waals surface area contributed by atoms with Crippen LogP contribution in [-0.2, 0) is 19.1 Å². The van der Waals surface area contributed by atoms with E-state index in [2.05, 4.69) is 49.8 Å². The Hall–Kier alpha value is -5.28. The third kappa shape index (κ3) is 5.03. The van der Waals surface area contributed by atoms with Crippen molar-refractivity contribution in [3.05, 3.63) is 91.0 Å². The number of rotatable bonds is 5. The van der Waals surface area contributed by atoms with E-state index in [0.717, 1.165) is 48.3 Å². The monoisotopic (exact) mass is 691 g/mol. The molecule has 0 amide bonds. The van der Waals surface area contributed by atoms with E-state index < -0.39 is 0 Å². The summed E-state index contributed by atoms with van der Waals surface area (Å²) < 4.78 is 7.42. The Morgan fingerprint density at radius 1 is 0.469 bits per heavy atom. The van der Waals surface area contributed by atoms with Crippen LogP contribution in [0.3, 0.4) is 0 Å². The molecule has 2 aliphatic heterocycles. The fourth-order valence-electron chi connectivity index (χ4n) is 6.69. The molecule has 245 valence electrons. The second-order valence-corrected chi connectivity index (χ2v) is 13.9. The van der Waals surface area contributed by atoms with E-state index in [1.54, 1.807) is 0 Å². The van der Waals surface area contributed by atoms with E-state index in [-0.39, 0.29) is 6.10 Å². The fraction of sp³-hybridized carbons (Fsp3) is 0.179. The van der Waals surface area contributed by atoms with Gasteiger partial charge in [-0.3, -0.25) is 0 Å². The van der Waals surface area contributed by atoms with Crippen LogP contribution in [0.5, 0.6) is 0 Å². The second kappa shape index (κ2) is 11.7. The van der Waals surface area contributed by atoms with Gasteiger partial charge in [-0.05, 0) is 0 Å². The molecule has 0 saturated heterocycles. The molecule has 0 fully saturated rings. The standard InChI is InChI=1S/C32H17N8.C7H15O.Cu/c1-2-10-18-17(9-1)25-33-26(18)38-28-21-13-5-6-14-22(21)30(35-28)40-32-24-16-8-7-15-23(24)31(36-32)39-29-20-12-4-3-11-19(20)27(34-29)37-25;1-5(2)7(8)6(3)4;/h1-15H,(H2,33,34,35,36,37,38,39,40);5-7H,1-4H3;/q;-1;+1. The molecular formula is C39H32CuN8O. The Balaban J connectivity index is 1.40. The summed E-state index contributed by atoms with van der Waals surface area (Å²) in [5.74, 6) is 3.02. The fourth-order valence-corrected chi connectivity index (χ4v) is 7.93. The molecule has 4 aromatic carbocycles. The predicted molar refractivity (Wildman–Crippen MR) is 190 cm³/mol.